The summed E-state index contributed by atoms with van der Waals surface area (Å²) >= 11 is 3.62. The van der Waals surface area contributed by atoms with E-state index in [1.54, 1.807) is 14.2 Å². The van der Waals surface area contributed by atoms with Gasteiger partial charge in [0.25, 0.3) is 0 Å². The number of rotatable bonds is 6. The van der Waals surface area contributed by atoms with Crippen molar-refractivity contribution in [2.75, 3.05) is 65.5 Å². The SMILES string of the molecule is COc1cc2c(N3CCC4(CC3)CN(C(=O)OC(C)(C)C)C4)nc(OC[C@@H]3CCCN3C)nc2c(OC)c1Br. The molecule has 214 valence electrons. The Morgan fingerprint density at radius 2 is 1.85 bits per heavy atom. The quantitative estimate of drug-likeness (QED) is 0.464. The van der Waals surface area contributed by atoms with Crippen LogP contribution in [0, 0.1) is 5.41 Å². The lowest BCUT2D eigenvalue weighted by atomic mass is 9.72. The Morgan fingerprint density at radius 3 is 2.44 bits per heavy atom. The first-order valence-electron chi connectivity index (χ1n) is 13.7. The number of piperidine rings is 1. The van der Waals surface area contributed by atoms with Crippen LogP contribution in [-0.4, -0.2) is 98.1 Å². The van der Waals surface area contributed by atoms with Crippen LogP contribution < -0.4 is 19.1 Å². The van der Waals surface area contributed by atoms with Crippen molar-refractivity contribution in [3.63, 3.8) is 0 Å². The van der Waals surface area contributed by atoms with Crippen LogP contribution in [-0.2, 0) is 4.74 Å². The molecule has 10 nitrogen and oxygen atoms in total. The van der Waals surface area contributed by atoms with Gasteiger partial charge in [-0.25, -0.2) is 4.79 Å². The second-order valence-electron chi connectivity index (χ2n) is 12.1. The van der Waals surface area contributed by atoms with Crippen molar-refractivity contribution in [3.8, 4) is 17.5 Å². The number of likely N-dealkylation sites (tertiary alicyclic amines) is 2. The standard InChI is InChI=1S/C28H40BrN5O5/c1-27(2,3)39-26(35)34-16-28(17-34)9-12-33(13-10-28)24-19-14-20(36-5)21(29)23(37-6)22(19)30-25(31-24)38-15-18-8-7-11-32(18)4/h14,18H,7-13,15-17H2,1-6H3/t18-/m0/s1. The molecule has 1 aromatic carbocycles. The number of halogens is 1. The van der Waals surface area contributed by atoms with Gasteiger partial charge in [0.1, 0.15) is 33.8 Å². The van der Waals surface area contributed by atoms with E-state index in [0.29, 0.717) is 40.1 Å². The van der Waals surface area contributed by atoms with E-state index in [1.807, 2.05) is 31.7 Å². The monoisotopic (exact) mass is 605 g/mol. The van der Waals surface area contributed by atoms with Gasteiger partial charge in [-0.2, -0.15) is 9.97 Å². The number of nitrogens with zero attached hydrogens (tertiary/aromatic N) is 5. The minimum absolute atomic E-state index is 0.126. The van der Waals surface area contributed by atoms with Crippen LogP contribution >= 0.6 is 15.9 Å². The first kappa shape index (κ1) is 28.0. The van der Waals surface area contributed by atoms with Gasteiger partial charge in [0.05, 0.1) is 19.6 Å². The summed E-state index contributed by atoms with van der Waals surface area (Å²) in [6.45, 7) is 10.4. The van der Waals surface area contributed by atoms with Crippen molar-refractivity contribution in [3.05, 3.63) is 10.5 Å². The number of hydrogen-bond acceptors (Lipinski definition) is 9. The number of methoxy groups -OCH3 is 2. The van der Waals surface area contributed by atoms with E-state index in [1.165, 1.54) is 6.42 Å². The van der Waals surface area contributed by atoms with Gasteiger partial charge in [-0.15, -0.1) is 0 Å². The van der Waals surface area contributed by atoms with Crippen LogP contribution in [0.25, 0.3) is 10.9 Å². The number of aromatic nitrogens is 2. The fourth-order valence-corrected chi connectivity index (χ4v) is 6.51. The van der Waals surface area contributed by atoms with Gasteiger partial charge >= 0.3 is 12.1 Å². The molecule has 0 radical (unpaired) electrons. The molecule has 3 aliphatic rings. The van der Waals surface area contributed by atoms with Gasteiger partial charge in [0, 0.05) is 37.6 Å². The Balaban J connectivity index is 1.38. The molecule has 0 N–H and O–H groups in total. The third kappa shape index (κ3) is 5.70. The second kappa shape index (κ2) is 10.8. The maximum absolute atomic E-state index is 12.5. The number of amides is 1. The lowest BCUT2D eigenvalue weighted by Gasteiger charge is -2.53. The third-order valence-corrected chi connectivity index (χ3v) is 8.89. The molecule has 1 atom stereocenters. The molecular weight excluding hydrogens is 566 g/mol. The highest BCUT2D eigenvalue weighted by atomic mass is 79.9. The molecule has 3 fully saturated rings. The Kier molecular flexibility index (Phi) is 7.76. The maximum Gasteiger partial charge on any atom is 0.410 e. The summed E-state index contributed by atoms with van der Waals surface area (Å²) in [5, 5.41) is 0.858. The molecular formula is C28H40BrN5O5. The van der Waals surface area contributed by atoms with Crippen molar-refractivity contribution >= 4 is 38.7 Å². The predicted octanol–water partition coefficient (Wildman–Crippen LogP) is 4.72. The molecule has 0 aliphatic carbocycles. The highest BCUT2D eigenvalue weighted by molar-refractivity contribution is 9.10. The molecule has 0 bridgehead atoms. The molecule has 4 heterocycles. The van der Waals surface area contributed by atoms with Crippen LogP contribution in [0.4, 0.5) is 10.6 Å². The van der Waals surface area contributed by atoms with E-state index in [9.17, 15) is 4.79 Å². The average molecular weight is 607 g/mol. The van der Waals surface area contributed by atoms with E-state index in [0.717, 1.165) is 63.2 Å². The van der Waals surface area contributed by atoms with Gasteiger partial charge in [0.2, 0.25) is 0 Å². The summed E-state index contributed by atoms with van der Waals surface area (Å²) in [6.07, 6.45) is 3.99. The first-order valence-corrected chi connectivity index (χ1v) is 14.5. The minimum Gasteiger partial charge on any atom is -0.495 e. The molecule has 2 aromatic rings. The van der Waals surface area contributed by atoms with Crippen molar-refractivity contribution in [1.82, 2.24) is 19.8 Å². The molecule has 0 unspecified atom stereocenters. The van der Waals surface area contributed by atoms with Gasteiger partial charge < -0.3 is 33.6 Å². The zero-order valence-electron chi connectivity index (χ0n) is 23.9. The van der Waals surface area contributed by atoms with E-state index in [4.69, 9.17) is 28.9 Å². The number of carbonyl (C=O) groups is 1. The van der Waals surface area contributed by atoms with Gasteiger partial charge in [-0.05, 0) is 82.0 Å². The Morgan fingerprint density at radius 1 is 1.13 bits per heavy atom. The molecule has 3 aliphatic heterocycles. The Labute approximate surface area is 239 Å². The van der Waals surface area contributed by atoms with E-state index in [-0.39, 0.29) is 11.5 Å². The van der Waals surface area contributed by atoms with Crippen LogP contribution in [0.15, 0.2) is 10.5 Å². The van der Waals surface area contributed by atoms with Crippen LogP contribution in [0.5, 0.6) is 17.5 Å². The highest BCUT2D eigenvalue weighted by Gasteiger charge is 2.48. The summed E-state index contributed by atoms with van der Waals surface area (Å²) in [6, 6.07) is 2.68. The highest BCUT2D eigenvalue weighted by Crippen LogP contribution is 2.46. The first-order chi connectivity index (χ1) is 18.5. The summed E-state index contributed by atoms with van der Waals surface area (Å²) in [7, 11) is 5.40. The fraction of sp³-hybridized carbons (Fsp3) is 0.679. The molecule has 1 spiro atoms. The Bertz CT molecular complexity index is 1220. The summed E-state index contributed by atoms with van der Waals surface area (Å²) in [5.74, 6) is 2.07. The second-order valence-corrected chi connectivity index (χ2v) is 12.9. The molecule has 0 saturated carbocycles. The molecule has 1 aromatic heterocycles. The van der Waals surface area contributed by atoms with Crippen molar-refractivity contribution < 1.29 is 23.7 Å². The Hall–Kier alpha value is -2.53. The minimum atomic E-state index is -0.485. The number of benzene rings is 1. The van der Waals surface area contributed by atoms with Crippen molar-refractivity contribution in [2.45, 2.75) is 58.1 Å². The summed E-state index contributed by atoms with van der Waals surface area (Å²) in [4.78, 5) is 28.7. The van der Waals surface area contributed by atoms with Crippen LogP contribution in [0.3, 0.4) is 0 Å². The van der Waals surface area contributed by atoms with E-state index < -0.39 is 5.60 Å². The van der Waals surface area contributed by atoms with E-state index >= 15 is 0 Å². The third-order valence-electron chi connectivity index (χ3n) is 8.14. The van der Waals surface area contributed by atoms with Gasteiger partial charge in [-0.3, -0.25) is 0 Å². The predicted molar refractivity (Wildman–Crippen MR) is 153 cm³/mol. The molecule has 1 amide bonds. The number of anilines is 1. The van der Waals surface area contributed by atoms with Crippen LogP contribution in [0.2, 0.25) is 0 Å². The summed E-state index contributed by atoms with van der Waals surface area (Å²) in [5.41, 5.74) is 0.326. The van der Waals surface area contributed by atoms with Gasteiger partial charge in [-0.1, -0.05) is 0 Å². The van der Waals surface area contributed by atoms with Gasteiger partial charge in [0.15, 0.2) is 5.75 Å². The topological polar surface area (TPSA) is 89.5 Å². The average Bonchev–Trinajstić information content (AvgIpc) is 3.28. The zero-order chi connectivity index (χ0) is 27.9. The molecule has 11 heteroatoms. The number of carbonyl (C=O) groups excluding carboxylic acids is 1. The molecule has 5 rings (SSSR count). The molecule has 39 heavy (non-hydrogen) atoms. The summed E-state index contributed by atoms with van der Waals surface area (Å²) < 4.78 is 23.9. The maximum atomic E-state index is 12.5. The number of hydrogen-bond donors (Lipinski definition) is 0. The molecule has 3 saturated heterocycles. The normalized spacial score (nSPS) is 21.3. The number of ether oxygens (including phenoxy) is 4. The van der Waals surface area contributed by atoms with Crippen molar-refractivity contribution in [1.29, 1.82) is 0 Å². The van der Waals surface area contributed by atoms with Crippen molar-refractivity contribution in [2.24, 2.45) is 5.41 Å². The smallest absolute Gasteiger partial charge is 0.410 e. The van der Waals surface area contributed by atoms with Crippen LogP contribution in [0.1, 0.15) is 46.5 Å². The zero-order valence-corrected chi connectivity index (χ0v) is 25.5. The largest absolute Gasteiger partial charge is 0.495 e. The van der Waals surface area contributed by atoms with E-state index in [2.05, 4.69) is 32.8 Å². The lowest BCUT2D eigenvalue weighted by Crippen LogP contribution is -2.62. The lowest BCUT2D eigenvalue weighted by molar-refractivity contribution is -0.0434. The number of fused-ring (bicyclic) bond motifs is 1. The number of likely N-dealkylation sites (N-methyl/N-ethyl adjacent to an activating group) is 1. The fourth-order valence-electron chi connectivity index (χ4n) is 5.88.